The number of amides is 3. The van der Waals surface area contributed by atoms with Crippen molar-refractivity contribution < 1.29 is 33.3 Å². The molecule has 0 aliphatic carbocycles. The van der Waals surface area contributed by atoms with Gasteiger partial charge in [-0.25, -0.2) is 5.43 Å². The van der Waals surface area contributed by atoms with Crippen molar-refractivity contribution >= 4 is 29.6 Å². The predicted octanol–water partition coefficient (Wildman–Crippen LogP) is 1.47. The number of rotatable bonds is 10. The summed E-state index contributed by atoms with van der Waals surface area (Å²) in [5.41, 5.74) is 3.13. The Morgan fingerprint density at radius 1 is 1.06 bits per heavy atom. The van der Waals surface area contributed by atoms with E-state index in [2.05, 4.69) is 21.2 Å². The number of hydrogen-bond donors (Lipinski definition) is 3. The molecule has 1 fully saturated rings. The molecule has 186 valence electrons. The second kappa shape index (κ2) is 12.9. The van der Waals surface area contributed by atoms with Crippen molar-refractivity contribution in [3.63, 3.8) is 0 Å². The Kier molecular flexibility index (Phi) is 9.43. The number of benzene rings is 2. The van der Waals surface area contributed by atoms with Gasteiger partial charge in [0.2, 0.25) is 0 Å². The summed E-state index contributed by atoms with van der Waals surface area (Å²) < 4.78 is 21.2. The van der Waals surface area contributed by atoms with E-state index in [0.29, 0.717) is 35.0 Å². The lowest BCUT2D eigenvalue weighted by Crippen LogP contribution is -2.35. The molecule has 0 radical (unpaired) electrons. The molecule has 1 aliphatic rings. The van der Waals surface area contributed by atoms with Crippen LogP contribution in [0.15, 0.2) is 47.6 Å². The van der Waals surface area contributed by atoms with Gasteiger partial charge in [0, 0.05) is 19.2 Å². The van der Waals surface area contributed by atoms with E-state index in [-0.39, 0.29) is 18.6 Å². The number of methoxy groups -OCH3 is 2. The van der Waals surface area contributed by atoms with Crippen LogP contribution in [-0.2, 0) is 19.1 Å². The third-order valence-electron chi connectivity index (χ3n) is 5.04. The fraction of sp³-hybridized carbons (Fsp3) is 0.333. The van der Waals surface area contributed by atoms with Crippen LogP contribution in [0.4, 0.5) is 5.69 Å². The van der Waals surface area contributed by atoms with Gasteiger partial charge in [-0.2, -0.15) is 5.10 Å². The molecule has 3 rings (SSSR count). The first kappa shape index (κ1) is 25.5. The Bertz CT molecular complexity index is 1050. The van der Waals surface area contributed by atoms with Gasteiger partial charge in [0.25, 0.3) is 5.91 Å². The van der Waals surface area contributed by atoms with Gasteiger partial charge in [0.15, 0.2) is 6.61 Å². The maximum absolute atomic E-state index is 12.1. The quantitative estimate of drug-likeness (QED) is 0.264. The number of nitrogens with one attached hydrogen (secondary N) is 3. The number of carbonyl (C=O) groups is 3. The van der Waals surface area contributed by atoms with Crippen LogP contribution >= 0.6 is 0 Å². The van der Waals surface area contributed by atoms with Crippen molar-refractivity contribution in [1.82, 2.24) is 10.7 Å². The molecule has 2 aromatic rings. The Morgan fingerprint density at radius 3 is 2.51 bits per heavy atom. The average molecular weight is 485 g/mol. The van der Waals surface area contributed by atoms with Gasteiger partial charge in [0.05, 0.1) is 32.2 Å². The standard InChI is InChI=1S/C24H28N4O7/c1-32-18-9-10-20(21(12-18)33-2)27-23(30)24(31)28-26-13-16-5-7-17(8-6-16)35-15-22(29)25-14-19-4-3-11-34-19/h5-10,12-13,19H,3-4,11,14-15H2,1-2H3,(H,25,29)(H,27,30)(H,28,31)/b26-13-/t19-/m0/s1. The van der Waals surface area contributed by atoms with Crippen LogP contribution < -0.4 is 30.3 Å². The van der Waals surface area contributed by atoms with Crippen LogP contribution in [0.1, 0.15) is 18.4 Å². The van der Waals surface area contributed by atoms with Gasteiger partial charge in [0.1, 0.15) is 17.2 Å². The highest BCUT2D eigenvalue weighted by Gasteiger charge is 2.17. The van der Waals surface area contributed by atoms with Crippen LogP contribution in [0, 0.1) is 0 Å². The lowest BCUT2D eigenvalue weighted by Gasteiger charge is -2.11. The summed E-state index contributed by atoms with van der Waals surface area (Å²) in [6, 6.07) is 11.5. The van der Waals surface area contributed by atoms with E-state index in [1.54, 1.807) is 42.5 Å². The van der Waals surface area contributed by atoms with Gasteiger partial charge in [-0.05, 0) is 54.8 Å². The highest BCUT2D eigenvalue weighted by atomic mass is 16.5. The fourth-order valence-corrected chi connectivity index (χ4v) is 3.18. The number of nitrogens with zero attached hydrogens (tertiary/aromatic N) is 1. The topological polar surface area (TPSA) is 137 Å². The Labute approximate surface area is 202 Å². The van der Waals surface area contributed by atoms with E-state index in [9.17, 15) is 14.4 Å². The monoisotopic (exact) mass is 484 g/mol. The smallest absolute Gasteiger partial charge is 0.329 e. The number of carbonyl (C=O) groups excluding carboxylic acids is 3. The van der Waals surface area contributed by atoms with Crippen molar-refractivity contribution in [3.05, 3.63) is 48.0 Å². The van der Waals surface area contributed by atoms with E-state index in [4.69, 9.17) is 18.9 Å². The molecule has 2 aromatic carbocycles. The molecule has 3 N–H and O–H groups in total. The van der Waals surface area contributed by atoms with Crippen molar-refractivity contribution in [1.29, 1.82) is 0 Å². The maximum Gasteiger partial charge on any atom is 0.329 e. The predicted molar refractivity (Wildman–Crippen MR) is 128 cm³/mol. The van der Waals surface area contributed by atoms with Crippen molar-refractivity contribution in [3.8, 4) is 17.2 Å². The maximum atomic E-state index is 12.1. The van der Waals surface area contributed by atoms with E-state index >= 15 is 0 Å². The lowest BCUT2D eigenvalue weighted by molar-refractivity contribution is -0.136. The second-order valence-corrected chi connectivity index (χ2v) is 7.52. The molecule has 1 saturated heterocycles. The minimum Gasteiger partial charge on any atom is -0.497 e. The van der Waals surface area contributed by atoms with Crippen LogP contribution in [0.5, 0.6) is 17.2 Å². The van der Waals surface area contributed by atoms with Crippen molar-refractivity contribution in [2.75, 3.05) is 39.3 Å². The Hall–Kier alpha value is -4.12. The SMILES string of the molecule is COc1ccc(NC(=O)C(=O)N/N=C\c2ccc(OCC(=O)NC[C@@H]3CCCO3)cc2)c(OC)c1. The van der Waals surface area contributed by atoms with Gasteiger partial charge in [-0.1, -0.05) is 0 Å². The van der Waals surface area contributed by atoms with Crippen LogP contribution in [0.25, 0.3) is 0 Å². The highest BCUT2D eigenvalue weighted by molar-refractivity contribution is 6.39. The molecule has 35 heavy (non-hydrogen) atoms. The minimum absolute atomic E-state index is 0.0781. The molecule has 0 aromatic heterocycles. The summed E-state index contributed by atoms with van der Waals surface area (Å²) in [6.07, 6.45) is 3.42. The zero-order valence-electron chi connectivity index (χ0n) is 19.5. The van der Waals surface area contributed by atoms with E-state index in [1.165, 1.54) is 20.4 Å². The first-order valence-corrected chi connectivity index (χ1v) is 11.0. The summed E-state index contributed by atoms with van der Waals surface area (Å²) in [5.74, 6) is -0.689. The second-order valence-electron chi connectivity index (χ2n) is 7.52. The van der Waals surface area contributed by atoms with Crippen LogP contribution in [-0.4, -0.2) is 64.0 Å². The normalized spacial score (nSPS) is 14.9. The highest BCUT2D eigenvalue weighted by Crippen LogP contribution is 2.28. The molecule has 0 unspecified atom stereocenters. The van der Waals surface area contributed by atoms with Crippen molar-refractivity contribution in [2.24, 2.45) is 5.10 Å². The number of hydrogen-bond acceptors (Lipinski definition) is 8. The van der Waals surface area contributed by atoms with E-state index in [0.717, 1.165) is 19.4 Å². The van der Waals surface area contributed by atoms with E-state index < -0.39 is 11.8 Å². The Morgan fingerprint density at radius 2 is 1.83 bits per heavy atom. The molecule has 1 heterocycles. The zero-order valence-corrected chi connectivity index (χ0v) is 19.5. The molecule has 3 amide bonds. The molecule has 0 spiro atoms. The lowest BCUT2D eigenvalue weighted by atomic mass is 10.2. The third kappa shape index (κ3) is 8.00. The molecule has 11 heteroatoms. The number of ether oxygens (including phenoxy) is 4. The minimum atomic E-state index is -0.951. The molecular formula is C24H28N4O7. The summed E-state index contributed by atoms with van der Waals surface area (Å²) >= 11 is 0. The summed E-state index contributed by atoms with van der Waals surface area (Å²) in [6.45, 7) is 1.11. The molecule has 1 atom stereocenters. The van der Waals surface area contributed by atoms with Gasteiger partial charge in [-0.3, -0.25) is 14.4 Å². The van der Waals surface area contributed by atoms with Gasteiger partial charge in [-0.15, -0.1) is 0 Å². The molecule has 0 saturated carbocycles. The van der Waals surface area contributed by atoms with Gasteiger partial charge < -0.3 is 29.6 Å². The molecule has 1 aliphatic heterocycles. The summed E-state index contributed by atoms with van der Waals surface area (Å²) in [7, 11) is 2.94. The number of hydrazone groups is 1. The molecular weight excluding hydrogens is 456 g/mol. The van der Waals surface area contributed by atoms with Crippen LogP contribution in [0.3, 0.4) is 0 Å². The van der Waals surface area contributed by atoms with Crippen LogP contribution in [0.2, 0.25) is 0 Å². The van der Waals surface area contributed by atoms with Crippen molar-refractivity contribution in [2.45, 2.75) is 18.9 Å². The first-order chi connectivity index (χ1) is 17.0. The Balaban J connectivity index is 1.41. The van der Waals surface area contributed by atoms with Gasteiger partial charge >= 0.3 is 11.8 Å². The number of anilines is 1. The zero-order chi connectivity index (χ0) is 25.0. The average Bonchev–Trinajstić information content (AvgIpc) is 3.41. The largest absolute Gasteiger partial charge is 0.497 e. The molecule has 0 bridgehead atoms. The van der Waals surface area contributed by atoms with E-state index in [1.807, 2.05) is 0 Å². The summed E-state index contributed by atoms with van der Waals surface area (Å²) in [4.78, 5) is 36.0. The summed E-state index contributed by atoms with van der Waals surface area (Å²) in [5, 5.41) is 9.03. The molecule has 11 nitrogen and oxygen atoms in total. The first-order valence-electron chi connectivity index (χ1n) is 11.0. The fourth-order valence-electron chi connectivity index (χ4n) is 3.18. The third-order valence-corrected chi connectivity index (χ3v) is 5.04.